The Labute approximate surface area is 145 Å². The van der Waals surface area contributed by atoms with Gasteiger partial charge in [0.25, 0.3) is 0 Å². The van der Waals surface area contributed by atoms with Gasteiger partial charge < -0.3 is 16.0 Å². The van der Waals surface area contributed by atoms with E-state index in [0.717, 1.165) is 36.0 Å². The van der Waals surface area contributed by atoms with Crippen molar-refractivity contribution >= 4 is 45.8 Å². The smallest absolute Gasteiger partial charge is 0.237 e. The second-order valence-corrected chi connectivity index (χ2v) is 6.01. The van der Waals surface area contributed by atoms with Gasteiger partial charge in [0.1, 0.15) is 0 Å². The number of carbonyl (C=O) groups is 2. The van der Waals surface area contributed by atoms with E-state index in [1.54, 1.807) is 0 Å². The van der Waals surface area contributed by atoms with Crippen LogP contribution in [-0.4, -0.2) is 30.9 Å². The number of carbonyl (C=O) groups excluding carboxylic acids is 2. The maximum absolute atomic E-state index is 11.9. The van der Waals surface area contributed by atoms with Gasteiger partial charge in [-0.25, -0.2) is 0 Å². The van der Waals surface area contributed by atoms with Gasteiger partial charge in [-0.1, -0.05) is 22.4 Å². The molecule has 5 nitrogen and oxygen atoms in total. The van der Waals surface area contributed by atoms with Crippen molar-refractivity contribution in [2.45, 2.75) is 31.7 Å². The van der Waals surface area contributed by atoms with E-state index >= 15 is 0 Å². The molecule has 1 heterocycles. The molecule has 0 saturated carbocycles. The Morgan fingerprint density at radius 3 is 2.59 bits per heavy atom. The van der Waals surface area contributed by atoms with Crippen LogP contribution in [0, 0.1) is 0 Å². The molecule has 0 aliphatic carbocycles. The first-order chi connectivity index (χ1) is 10.1. The summed E-state index contributed by atoms with van der Waals surface area (Å²) in [5, 5.41) is 8.79. The van der Waals surface area contributed by atoms with Crippen LogP contribution in [0.4, 0.5) is 5.69 Å². The molecule has 1 aliphatic heterocycles. The van der Waals surface area contributed by atoms with Crippen molar-refractivity contribution in [2.75, 3.05) is 18.4 Å². The lowest BCUT2D eigenvalue weighted by Crippen LogP contribution is -2.47. The lowest BCUT2D eigenvalue weighted by atomic mass is 10.0. The molecule has 1 aliphatic rings. The Hall–Kier alpha value is -1.11. The van der Waals surface area contributed by atoms with E-state index in [-0.39, 0.29) is 36.7 Å². The first kappa shape index (κ1) is 18.9. The Morgan fingerprint density at radius 1 is 1.23 bits per heavy atom. The summed E-state index contributed by atoms with van der Waals surface area (Å²) in [5.74, 6) is -0.111. The number of halogens is 2. The first-order valence-corrected chi connectivity index (χ1v) is 8.01. The van der Waals surface area contributed by atoms with E-state index in [1.807, 2.05) is 24.3 Å². The molecule has 0 spiro atoms. The normalized spacial score (nSPS) is 17.2. The summed E-state index contributed by atoms with van der Waals surface area (Å²) in [6.07, 6.45) is 3.35. The van der Waals surface area contributed by atoms with Gasteiger partial charge in [0.2, 0.25) is 11.8 Å². The fraction of sp³-hybridized carbons (Fsp3) is 0.467. The highest BCUT2D eigenvalue weighted by Crippen LogP contribution is 2.14. The summed E-state index contributed by atoms with van der Waals surface area (Å²) in [6, 6.07) is 7.28. The number of rotatable bonds is 5. The van der Waals surface area contributed by atoms with Crippen LogP contribution >= 0.6 is 28.3 Å². The molecule has 0 bridgehead atoms. The highest BCUT2D eigenvalue weighted by atomic mass is 79.9. The second-order valence-electron chi connectivity index (χ2n) is 5.10. The largest absolute Gasteiger partial charge is 0.354 e. The molecule has 22 heavy (non-hydrogen) atoms. The number of benzene rings is 1. The van der Waals surface area contributed by atoms with Crippen LogP contribution in [-0.2, 0) is 9.59 Å². The molecule has 122 valence electrons. The minimum atomic E-state index is -0.103. The maximum Gasteiger partial charge on any atom is 0.237 e. The number of anilines is 1. The molecule has 1 aromatic rings. The molecule has 1 aromatic carbocycles. The molecule has 2 amide bonds. The van der Waals surface area contributed by atoms with Gasteiger partial charge in [-0.2, -0.15) is 0 Å². The molecule has 1 saturated heterocycles. The molecular formula is C15H21BrClN3O2. The number of amides is 2. The lowest BCUT2D eigenvalue weighted by molar-refractivity contribution is -0.123. The van der Waals surface area contributed by atoms with E-state index in [1.165, 1.54) is 0 Å². The third kappa shape index (κ3) is 6.34. The summed E-state index contributed by atoms with van der Waals surface area (Å²) in [7, 11) is 0. The highest BCUT2D eigenvalue weighted by Gasteiger charge is 2.19. The van der Waals surface area contributed by atoms with Crippen LogP contribution in [0.5, 0.6) is 0 Å². The highest BCUT2D eigenvalue weighted by molar-refractivity contribution is 9.10. The third-order valence-corrected chi connectivity index (χ3v) is 3.93. The molecule has 1 fully saturated rings. The number of piperidine rings is 1. The summed E-state index contributed by atoms with van der Waals surface area (Å²) in [6.45, 7) is 1.25. The first-order valence-electron chi connectivity index (χ1n) is 7.21. The molecule has 7 heteroatoms. The molecule has 3 N–H and O–H groups in total. The van der Waals surface area contributed by atoms with Gasteiger partial charge in [-0.05, 0) is 43.7 Å². The molecule has 0 aromatic heterocycles. The zero-order valence-electron chi connectivity index (χ0n) is 12.2. The number of nitrogens with one attached hydrogen (secondary N) is 3. The summed E-state index contributed by atoms with van der Waals surface area (Å²) >= 11 is 3.34. The van der Waals surface area contributed by atoms with Crippen LogP contribution < -0.4 is 16.0 Å². The predicted octanol–water partition coefficient (Wildman–Crippen LogP) is 2.46. The molecule has 2 rings (SSSR count). The number of hydrogen-bond donors (Lipinski definition) is 3. The molecular weight excluding hydrogens is 370 g/mol. The molecule has 1 atom stereocenters. The fourth-order valence-corrected chi connectivity index (χ4v) is 2.52. The van der Waals surface area contributed by atoms with E-state index < -0.39 is 0 Å². The summed E-state index contributed by atoms with van der Waals surface area (Å²) < 4.78 is 0.966. The molecule has 0 radical (unpaired) electrons. The minimum absolute atomic E-state index is 0. The Morgan fingerprint density at radius 2 is 1.95 bits per heavy atom. The SMILES string of the molecule is Cl.O=C(CCNC(=O)C1CCCCN1)Nc1ccc(Br)cc1. The van der Waals surface area contributed by atoms with Gasteiger partial charge in [-0.3, -0.25) is 9.59 Å². The van der Waals surface area contributed by atoms with E-state index in [4.69, 9.17) is 0 Å². The third-order valence-electron chi connectivity index (χ3n) is 3.41. The average molecular weight is 391 g/mol. The minimum Gasteiger partial charge on any atom is -0.354 e. The van der Waals surface area contributed by atoms with Gasteiger partial charge >= 0.3 is 0 Å². The standard InChI is InChI=1S/C15H20BrN3O2.ClH/c16-11-4-6-12(7-5-11)19-14(20)8-10-18-15(21)13-3-1-2-9-17-13;/h4-7,13,17H,1-3,8-10H2,(H,18,21)(H,19,20);1H. The zero-order chi connectivity index (χ0) is 15.1. The van der Waals surface area contributed by atoms with Crippen molar-refractivity contribution in [3.05, 3.63) is 28.7 Å². The average Bonchev–Trinajstić information content (AvgIpc) is 2.50. The monoisotopic (exact) mass is 389 g/mol. The lowest BCUT2D eigenvalue weighted by Gasteiger charge is -2.22. The van der Waals surface area contributed by atoms with Gasteiger partial charge in [0.05, 0.1) is 6.04 Å². The van der Waals surface area contributed by atoms with Gasteiger partial charge in [-0.15, -0.1) is 12.4 Å². The summed E-state index contributed by atoms with van der Waals surface area (Å²) in [4.78, 5) is 23.6. The Bertz CT molecular complexity index is 490. The van der Waals surface area contributed by atoms with Crippen LogP contribution in [0.2, 0.25) is 0 Å². The topological polar surface area (TPSA) is 70.2 Å². The van der Waals surface area contributed by atoms with Crippen LogP contribution in [0.25, 0.3) is 0 Å². The van der Waals surface area contributed by atoms with Gasteiger partial charge in [0.15, 0.2) is 0 Å². The molecule has 1 unspecified atom stereocenters. The second kappa shape index (κ2) is 9.82. The quantitative estimate of drug-likeness (QED) is 0.723. The van der Waals surface area contributed by atoms with Crippen molar-refractivity contribution in [1.82, 2.24) is 10.6 Å². The van der Waals surface area contributed by atoms with Crippen molar-refractivity contribution < 1.29 is 9.59 Å². The van der Waals surface area contributed by atoms with E-state index in [2.05, 4.69) is 31.9 Å². The van der Waals surface area contributed by atoms with Crippen LogP contribution in [0.15, 0.2) is 28.7 Å². The Balaban J connectivity index is 0.00000242. The van der Waals surface area contributed by atoms with Crippen molar-refractivity contribution in [2.24, 2.45) is 0 Å². The maximum atomic E-state index is 11.9. The Kier molecular flexibility index (Phi) is 8.45. The fourth-order valence-electron chi connectivity index (χ4n) is 2.25. The van der Waals surface area contributed by atoms with Crippen molar-refractivity contribution in [3.63, 3.8) is 0 Å². The number of hydrogen-bond acceptors (Lipinski definition) is 3. The predicted molar refractivity (Wildman–Crippen MR) is 93.3 cm³/mol. The van der Waals surface area contributed by atoms with E-state index in [9.17, 15) is 9.59 Å². The van der Waals surface area contributed by atoms with Crippen molar-refractivity contribution in [1.29, 1.82) is 0 Å². The van der Waals surface area contributed by atoms with Crippen molar-refractivity contribution in [3.8, 4) is 0 Å². The van der Waals surface area contributed by atoms with Crippen LogP contribution in [0.3, 0.4) is 0 Å². The zero-order valence-corrected chi connectivity index (χ0v) is 14.6. The van der Waals surface area contributed by atoms with E-state index in [0.29, 0.717) is 6.54 Å². The van der Waals surface area contributed by atoms with Crippen LogP contribution in [0.1, 0.15) is 25.7 Å². The van der Waals surface area contributed by atoms with Gasteiger partial charge in [0, 0.05) is 23.1 Å². The summed E-state index contributed by atoms with van der Waals surface area (Å²) in [5.41, 5.74) is 0.753.